The predicted octanol–water partition coefficient (Wildman–Crippen LogP) is 3.28. The van der Waals surface area contributed by atoms with E-state index < -0.39 is 18.8 Å². The number of nitrogens with one attached hydrogen (secondary N) is 1. The smallest absolute Gasteiger partial charge is 0.261 e. The standard InChI is InChI=1S/C13H17ClF3NO/c1-18-10(4-5-19-8-13(16)17)6-9-2-3-12(15)11(14)7-9/h2-3,7,10,13,18H,4-6,8H2,1H3. The van der Waals surface area contributed by atoms with Crippen LogP contribution in [0, 0.1) is 5.82 Å². The Bertz CT molecular complexity index is 390. The molecule has 0 saturated carbocycles. The molecule has 0 aliphatic rings. The normalized spacial score (nSPS) is 12.9. The second-order valence-corrected chi connectivity index (χ2v) is 4.60. The number of alkyl halides is 2. The zero-order valence-electron chi connectivity index (χ0n) is 10.6. The Morgan fingerprint density at radius 3 is 2.68 bits per heavy atom. The van der Waals surface area contributed by atoms with Crippen molar-refractivity contribution >= 4 is 11.6 Å². The van der Waals surface area contributed by atoms with Crippen molar-refractivity contribution in [2.45, 2.75) is 25.3 Å². The maximum Gasteiger partial charge on any atom is 0.261 e. The summed E-state index contributed by atoms with van der Waals surface area (Å²) in [5, 5.41) is 3.15. The summed E-state index contributed by atoms with van der Waals surface area (Å²) in [6.07, 6.45) is -1.21. The first-order valence-corrected chi connectivity index (χ1v) is 6.37. The largest absolute Gasteiger partial charge is 0.375 e. The molecule has 0 saturated heterocycles. The van der Waals surface area contributed by atoms with Crippen LogP contribution in [-0.2, 0) is 11.2 Å². The van der Waals surface area contributed by atoms with E-state index in [1.54, 1.807) is 19.2 Å². The predicted molar refractivity (Wildman–Crippen MR) is 69.4 cm³/mol. The van der Waals surface area contributed by atoms with E-state index in [4.69, 9.17) is 16.3 Å². The van der Waals surface area contributed by atoms with Crippen LogP contribution in [0.2, 0.25) is 5.02 Å². The monoisotopic (exact) mass is 295 g/mol. The van der Waals surface area contributed by atoms with E-state index in [0.717, 1.165) is 5.56 Å². The summed E-state index contributed by atoms with van der Waals surface area (Å²) >= 11 is 5.70. The average molecular weight is 296 g/mol. The van der Waals surface area contributed by atoms with Gasteiger partial charge in [0.2, 0.25) is 0 Å². The zero-order valence-corrected chi connectivity index (χ0v) is 11.4. The van der Waals surface area contributed by atoms with Gasteiger partial charge in [-0.1, -0.05) is 17.7 Å². The first kappa shape index (κ1) is 16.3. The van der Waals surface area contributed by atoms with Crippen LogP contribution in [-0.4, -0.2) is 32.7 Å². The third-order valence-electron chi connectivity index (χ3n) is 2.73. The Morgan fingerprint density at radius 1 is 1.37 bits per heavy atom. The molecular formula is C13H17ClF3NO. The van der Waals surface area contributed by atoms with Crippen molar-refractivity contribution in [2.24, 2.45) is 0 Å². The van der Waals surface area contributed by atoms with Crippen LogP contribution in [0.15, 0.2) is 18.2 Å². The molecule has 6 heteroatoms. The minimum Gasteiger partial charge on any atom is -0.375 e. The summed E-state index contributed by atoms with van der Waals surface area (Å²) in [5.74, 6) is -0.452. The van der Waals surface area contributed by atoms with E-state index in [1.807, 2.05) is 0 Å². The zero-order chi connectivity index (χ0) is 14.3. The first-order valence-electron chi connectivity index (χ1n) is 6.00. The van der Waals surface area contributed by atoms with E-state index >= 15 is 0 Å². The quantitative estimate of drug-likeness (QED) is 0.743. The lowest BCUT2D eigenvalue weighted by Gasteiger charge is -2.16. The number of hydrogen-bond acceptors (Lipinski definition) is 2. The lowest BCUT2D eigenvalue weighted by molar-refractivity contribution is 0.0146. The average Bonchev–Trinajstić information content (AvgIpc) is 2.37. The number of likely N-dealkylation sites (N-methyl/N-ethyl adjacent to an activating group) is 1. The molecule has 1 aromatic rings. The lowest BCUT2D eigenvalue weighted by atomic mass is 10.0. The second kappa shape index (κ2) is 8.40. The molecule has 0 heterocycles. The number of rotatable bonds is 8. The van der Waals surface area contributed by atoms with Gasteiger partial charge in [0.25, 0.3) is 6.43 Å². The molecule has 0 fully saturated rings. The molecule has 1 unspecified atom stereocenters. The van der Waals surface area contributed by atoms with Gasteiger partial charge in [0.1, 0.15) is 12.4 Å². The van der Waals surface area contributed by atoms with E-state index in [1.165, 1.54) is 6.07 Å². The molecule has 0 radical (unpaired) electrons. The number of hydrogen-bond donors (Lipinski definition) is 1. The minimum atomic E-state index is -2.44. The van der Waals surface area contributed by atoms with Gasteiger partial charge in [-0.2, -0.15) is 0 Å². The number of benzene rings is 1. The van der Waals surface area contributed by atoms with Gasteiger partial charge >= 0.3 is 0 Å². The summed E-state index contributed by atoms with van der Waals surface area (Å²) in [6, 6.07) is 4.61. The Labute approximate surface area is 115 Å². The molecule has 19 heavy (non-hydrogen) atoms. The SMILES string of the molecule is CNC(CCOCC(F)F)Cc1ccc(F)c(Cl)c1. The topological polar surface area (TPSA) is 21.3 Å². The molecule has 0 aliphatic heterocycles. The van der Waals surface area contributed by atoms with Gasteiger partial charge in [-0.05, 0) is 37.6 Å². The van der Waals surface area contributed by atoms with Gasteiger partial charge in [0, 0.05) is 12.6 Å². The highest BCUT2D eigenvalue weighted by Gasteiger charge is 2.10. The summed E-state index contributed by atoms with van der Waals surface area (Å²) in [4.78, 5) is 0. The Kier molecular flexibility index (Phi) is 7.20. The van der Waals surface area contributed by atoms with Crippen LogP contribution >= 0.6 is 11.6 Å². The molecule has 0 aromatic heterocycles. The van der Waals surface area contributed by atoms with Crippen LogP contribution in [0.1, 0.15) is 12.0 Å². The Morgan fingerprint density at radius 2 is 2.11 bits per heavy atom. The van der Waals surface area contributed by atoms with Crippen LogP contribution in [0.4, 0.5) is 13.2 Å². The van der Waals surface area contributed by atoms with E-state index in [2.05, 4.69) is 5.32 Å². The number of halogens is 4. The van der Waals surface area contributed by atoms with Crippen LogP contribution < -0.4 is 5.32 Å². The van der Waals surface area contributed by atoms with Crippen molar-refractivity contribution < 1.29 is 17.9 Å². The molecule has 0 bridgehead atoms. The van der Waals surface area contributed by atoms with Crippen molar-refractivity contribution in [3.8, 4) is 0 Å². The summed E-state index contributed by atoms with van der Waals surface area (Å²) in [7, 11) is 1.78. The van der Waals surface area contributed by atoms with Gasteiger partial charge < -0.3 is 10.1 Å². The number of ether oxygens (including phenoxy) is 1. The summed E-state index contributed by atoms with van der Waals surface area (Å²) in [6.45, 7) is -0.288. The fourth-order valence-corrected chi connectivity index (χ4v) is 1.90. The van der Waals surface area contributed by atoms with Crippen molar-refractivity contribution in [3.05, 3.63) is 34.6 Å². The van der Waals surface area contributed by atoms with E-state index in [0.29, 0.717) is 12.8 Å². The van der Waals surface area contributed by atoms with Crippen molar-refractivity contribution in [3.63, 3.8) is 0 Å². The maximum atomic E-state index is 13.0. The molecule has 108 valence electrons. The Balaban J connectivity index is 2.40. The fourth-order valence-electron chi connectivity index (χ4n) is 1.70. The van der Waals surface area contributed by atoms with Crippen molar-refractivity contribution in [2.75, 3.05) is 20.3 Å². The minimum absolute atomic E-state index is 0.0687. The molecular weight excluding hydrogens is 279 g/mol. The second-order valence-electron chi connectivity index (χ2n) is 4.19. The van der Waals surface area contributed by atoms with Gasteiger partial charge in [0.05, 0.1) is 5.02 Å². The van der Waals surface area contributed by atoms with Crippen LogP contribution in [0.5, 0.6) is 0 Å². The third-order valence-corrected chi connectivity index (χ3v) is 3.02. The molecule has 0 aliphatic carbocycles. The van der Waals surface area contributed by atoms with Gasteiger partial charge in [0.15, 0.2) is 0 Å². The van der Waals surface area contributed by atoms with Gasteiger partial charge in [-0.15, -0.1) is 0 Å². The molecule has 0 amide bonds. The van der Waals surface area contributed by atoms with Gasteiger partial charge in [-0.25, -0.2) is 13.2 Å². The van der Waals surface area contributed by atoms with Crippen LogP contribution in [0.25, 0.3) is 0 Å². The summed E-state index contributed by atoms with van der Waals surface area (Å²) in [5.41, 5.74) is 0.889. The van der Waals surface area contributed by atoms with Crippen molar-refractivity contribution in [1.82, 2.24) is 5.32 Å². The molecule has 1 N–H and O–H groups in total. The van der Waals surface area contributed by atoms with Crippen LogP contribution in [0.3, 0.4) is 0 Å². The lowest BCUT2D eigenvalue weighted by Crippen LogP contribution is -2.29. The van der Waals surface area contributed by atoms with E-state index in [9.17, 15) is 13.2 Å². The molecule has 1 atom stereocenters. The molecule has 1 rings (SSSR count). The third kappa shape index (κ3) is 6.27. The fraction of sp³-hybridized carbons (Fsp3) is 0.538. The first-order chi connectivity index (χ1) is 9.02. The highest BCUT2D eigenvalue weighted by Crippen LogP contribution is 2.17. The van der Waals surface area contributed by atoms with Gasteiger partial charge in [-0.3, -0.25) is 0 Å². The molecule has 2 nitrogen and oxygen atoms in total. The van der Waals surface area contributed by atoms with Crippen molar-refractivity contribution in [1.29, 1.82) is 0 Å². The highest BCUT2D eigenvalue weighted by atomic mass is 35.5. The molecule has 1 aromatic carbocycles. The Hall–Kier alpha value is -0.780. The highest BCUT2D eigenvalue weighted by molar-refractivity contribution is 6.30. The summed E-state index contributed by atoms with van der Waals surface area (Å²) < 4.78 is 41.6. The van der Waals surface area contributed by atoms with E-state index in [-0.39, 0.29) is 17.7 Å². The molecule has 0 spiro atoms. The maximum absolute atomic E-state index is 13.0.